The average Bonchev–Trinajstić information content (AvgIpc) is 3.72. The minimum atomic E-state index is -0.613. The monoisotopic (exact) mass is 472 g/mol. The van der Waals surface area contributed by atoms with Gasteiger partial charge in [0, 0.05) is 31.2 Å². The van der Waals surface area contributed by atoms with Crippen molar-refractivity contribution in [3.05, 3.63) is 76.6 Å². The van der Waals surface area contributed by atoms with Gasteiger partial charge in [0.25, 0.3) is 5.91 Å². The van der Waals surface area contributed by atoms with E-state index in [0.717, 1.165) is 57.6 Å². The van der Waals surface area contributed by atoms with Crippen molar-refractivity contribution in [2.75, 3.05) is 24.3 Å². The van der Waals surface area contributed by atoms with Crippen molar-refractivity contribution >= 4 is 23.6 Å². The van der Waals surface area contributed by atoms with Crippen LogP contribution in [0.15, 0.2) is 48.7 Å². The van der Waals surface area contributed by atoms with Crippen LogP contribution in [0, 0.1) is 13.8 Å². The van der Waals surface area contributed by atoms with Crippen LogP contribution in [0.2, 0.25) is 0 Å². The maximum atomic E-state index is 13.2. The van der Waals surface area contributed by atoms with Crippen LogP contribution in [0.5, 0.6) is 0 Å². The summed E-state index contributed by atoms with van der Waals surface area (Å²) in [5.74, 6) is 0.145. The van der Waals surface area contributed by atoms with Crippen molar-refractivity contribution < 1.29 is 14.7 Å². The van der Waals surface area contributed by atoms with Gasteiger partial charge < -0.3 is 25.9 Å². The number of pyridine rings is 1. The van der Waals surface area contributed by atoms with Crippen LogP contribution in [0.3, 0.4) is 0 Å². The van der Waals surface area contributed by atoms with Crippen LogP contribution >= 0.6 is 0 Å². The smallest absolute Gasteiger partial charge is 0.274 e. The molecule has 0 unspecified atom stereocenters. The Morgan fingerprint density at radius 3 is 2.37 bits per heavy atom. The van der Waals surface area contributed by atoms with Crippen LogP contribution in [0.4, 0.5) is 11.4 Å². The zero-order valence-corrected chi connectivity index (χ0v) is 20.4. The molecule has 3 aromatic rings. The van der Waals surface area contributed by atoms with E-state index in [-0.39, 0.29) is 12.5 Å². The van der Waals surface area contributed by atoms with Crippen LogP contribution in [0.25, 0.3) is 11.1 Å². The second-order valence-electron chi connectivity index (χ2n) is 9.01. The molecule has 1 atom stereocenters. The molecule has 7 nitrogen and oxygen atoms in total. The van der Waals surface area contributed by atoms with Crippen molar-refractivity contribution in [3.63, 3.8) is 0 Å². The molecule has 0 saturated heterocycles. The van der Waals surface area contributed by atoms with Gasteiger partial charge in [0.1, 0.15) is 12.0 Å². The number of nitrogens with zero attached hydrogens (tertiary/aromatic N) is 1. The SMILES string of the molecule is CNc1cccc(-c2cccc(NC(=O)c3cc(C4CC4)c(CN[C@H](C=O)CO)cn3)c2C)c1C. The Morgan fingerprint density at radius 1 is 1.11 bits per heavy atom. The fraction of sp³-hybridized carbons (Fsp3) is 0.321. The lowest BCUT2D eigenvalue weighted by molar-refractivity contribution is -0.110. The second-order valence-corrected chi connectivity index (χ2v) is 9.01. The first-order chi connectivity index (χ1) is 17.0. The number of nitrogens with one attached hydrogen (secondary N) is 3. The molecule has 2 aromatic carbocycles. The summed E-state index contributed by atoms with van der Waals surface area (Å²) in [6.07, 6.45) is 4.53. The largest absolute Gasteiger partial charge is 0.394 e. The van der Waals surface area contributed by atoms with Gasteiger partial charge in [-0.15, -0.1) is 0 Å². The van der Waals surface area contributed by atoms with E-state index in [1.54, 1.807) is 6.20 Å². The number of aliphatic hydroxyl groups excluding tert-OH is 1. The quantitative estimate of drug-likeness (QED) is 0.330. The second kappa shape index (κ2) is 10.8. The normalized spacial score (nSPS) is 13.8. The van der Waals surface area contributed by atoms with E-state index in [1.807, 2.05) is 44.3 Å². The highest BCUT2D eigenvalue weighted by Crippen LogP contribution is 2.42. The van der Waals surface area contributed by atoms with E-state index in [1.165, 1.54) is 0 Å². The molecule has 182 valence electrons. The molecule has 1 heterocycles. The Bertz CT molecular complexity index is 1240. The molecular weight excluding hydrogens is 440 g/mol. The molecule has 1 aliphatic carbocycles. The van der Waals surface area contributed by atoms with Gasteiger partial charge in [-0.25, -0.2) is 0 Å². The maximum absolute atomic E-state index is 13.2. The topological polar surface area (TPSA) is 103 Å². The first kappa shape index (κ1) is 24.6. The van der Waals surface area contributed by atoms with E-state index in [2.05, 4.69) is 40.0 Å². The first-order valence-electron chi connectivity index (χ1n) is 11.9. The van der Waals surface area contributed by atoms with Gasteiger partial charge in [0.05, 0.1) is 12.6 Å². The zero-order chi connectivity index (χ0) is 24.9. The van der Waals surface area contributed by atoms with Gasteiger partial charge >= 0.3 is 0 Å². The third kappa shape index (κ3) is 5.42. The number of rotatable bonds is 10. The lowest BCUT2D eigenvalue weighted by Crippen LogP contribution is -2.33. The van der Waals surface area contributed by atoms with Crippen molar-refractivity contribution in [2.24, 2.45) is 0 Å². The summed E-state index contributed by atoms with van der Waals surface area (Å²) in [5, 5.41) is 18.5. The van der Waals surface area contributed by atoms with Crippen molar-refractivity contribution in [2.45, 2.75) is 45.2 Å². The molecule has 1 aromatic heterocycles. The van der Waals surface area contributed by atoms with Gasteiger partial charge in [-0.05, 0) is 84.2 Å². The number of benzene rings is 2. The van der Waals surface area contributed by atoms with Crippen molar-refractivity contribution in [1.29, 1.82) is 0 Å². The Labute approximate surface area is 206 Å². The fourth-order valence-corrected chi connectivity index (χ4v) is 4.39. The minimum absolute atomic E-state index is 0.256. The van der Waals surface area contributed by atoms with Crippen molar-refractivity contribution in [3.8, 4) is 11.1 Å². The standard InChI is InChI=1S/C28H32N4O3/c1-17-22(6-4-8-25(17)29-3)23-7-5-9-26(18(23)2)32-28(35)27-12-24(19-10-11-19)20(14-31-27)13-30-21(15-33)16-34/h4-9,12,14-15,19,21,29-30,34H,10-11,13,16H2,1-3H3,(H,32,35)/t21-/m1/s1. The molecule has 7 heteroatoms. The van der Waals surface area contributed by atoms with E-state index < -0.39 is 6.04 Å². The number of anilines is 2. The van der Waals surface area contributed by atoms with Gasteiger partial charge in [-0.3, -0.25) is 9.78 Å². The van der Waals surface area contributed by atoms with E-state index in [0.29, 0.717) is 24.4 Å². The third-order valence-corrected chi connectivity index (χ3v) is 6.66. The fourth-order valence-electron chi connectivity index (χ4n) is 4.39. The molecule has 35 heavy (non-hydrogen) atoms. The summed E-state index contributed by atoms with van der Waals surface area (Å²) in [6.45, 7) is 4.26. The van der Waals surface area contributed by atoms with Crippen LogP contribution in [0.1, 0.15) is 51.5 Å². The molecule has 1 saturated carbocycles. The summed E-state index contributed by atoms with van der Waals surface area (Å²) >= 11 is 0. The minimum Gasteiger partial charge on any atom is -0.394 e. The predicted octanol–water partition coefficient (Wildman–Crippen LogP) is 4.19. The Balaban J connectivity index is 1.57. The summed E-state index contributed by atoms with van der Waals surface area (Å²) in [5.41, 5.74) is 8.53. The van der Waals surface area contributed by atoms with Gasteiger partial charge in [0.2, 0.25) is 0 Å². The molecule has 1 aliphatic rings. The molecule has 4 N–H and O–H groups in total. The molecule has 1 amide bonds. The van der Waals surface area contributed by atoms with E-state index in [4.69, 9.17) is 0 Å². The summed E-state index contributed by atoms with van der Waals surface area (Å²) < 4.78 is 0. The number of aromatic nitrogens is 1. The van der Waals surface area contributed by atoms with Gasteiger partial charge in [-0.2, -0.15) is 0 Å². The number of carbonyl (C=O) groups excluding carboxylic acids is 2. The molecule has 0 spiro atoms. The molecule has 0 bridgehead atoms. The lowest BCUT2D eigenvalue weighted by Gasteiger charge is -2.17. The van der Waals surface area contributed by atoms with E-state index in [9.17, 15) is 14.7 Å². The number of hydrogen-bond acceptors (Lipinski definition) is 6. The highest BCUT2D eigenvalue weighted by atomic mass is 16.3. The molecule has 1 fully saturated rings. The van der Waals surface area contributed by atoms with E-state index >= 15 is 0 Å². The molecule has 4 rings (SSSR count). The highest BCUT2D eigenvalue weighted by molar-refractivity contribution is 6.04. The number of carbonyl (C=O) groups is 2. The average molecular weight is 473 g/mol. The number of aldehydes is 1. The van der Waals surface area contributed by atoms with Crippen LogP contribution in [-0.4, -0.2) is 42.0 Å². The van der Waals surface area contributed by atoms with Crippen molar-refractivity contribution in [1.82, 2.24) is 10.3 Å². The van der Waals surface area contributed by atoms with Gasteiger partial charge in [-0.1, -0.05) is 24.3 Å². The molecule has 0 aliphatic heterocycles. The number of aliphatic hydroxyl groups is 1. The summed E-state index contributed by atoms with van der Waals surface area (Å²) in [4.78, 5) is 28.6. The molecular formula is C28H32N4O3. The molecule has 0 radical (unpaired) electrons. The Kier molecular flexibility index (Phi) is 7.58. The summed E-state index contributed by atoms with van der Waals surface area (Å²) in [6, 6.07) is 13.3. The van der Waals surface area contributed by atoms with Crippen LogP contribution < -0.4 is 16.0 Å². The maximum Gasteiger partial charge on any atom is 0.274 e. The Morgan fingerprint density at radius 2 is 1.77 bits per heavy atom. The van der Waals surface area contributed by atoms with Gasteiger partial charge in [0.15, 0.2) is 0 Å². The third-order valence-electron chi connectivity index (χ3n) is 6.66. The lowest BCUT2D eigenvalue weighted by atomic mass is 9.94. The zero-order valence-electron chi connectivity index (χ0n) is 20.4. The van der Waals surface area contributed by atoms with Crippen LogP contribution in [-0.2, 0) is 11.3 Å². The number of hydrogen-bond donors (Lipinski definition) is 4. The highest BCUT2D eigenvalue weighted by Gasteiger charge is 2.27. The summed E-state index contributed by atoms with van der Waals surface area (Å²) in [7, 11) is 1.91. The first-order valence-corrected chi connectivity index (χ1v) is 11.9. The Hall–Kier alpha value is -3.55. The number of amides is 1. The predicted molar refractivity (Wildman–Crippen MR) is 139 cm³/mol.